The number of rotatable bonds is 4. The number of carboxylic acid groups (broad SMARTS) is 1. The van der Waals surface area contributed by atoms with Crippen LogP contribution < -0.4 is 0 Å². The molecule has 0 aliphatic heterocycles. The molecule has 0 fully saturated rings. The molecule has 0 aromatic heterocycles. The van der Waals surface area contributed by atoms with Crippen LogP contribution in [0, 0.1) is 11.3 Å². The number of carbonyl (C=O) groups is 1. The van der Waals surface area contributed by atoms with Crippen molar-refractivity contribution in [2.24, 2.45) is 11.3 Å². The molecule has 2 nitrogen and oxygen atoms in total. The molecule has 12 heavy (non-hydrogen) atoms. The summed E-state index contributed by atoms with van der Waals surface area (Å²) in [5.41, 5.74) is -0.862. The minimum absolute atomic E-state index is 0.427. The fourth-order valence-electron chi connectivity index (χ4n) is 0.745. The standard InChI is InChI=1S/C9H16O2S/c1-6(2)5-7(12)9(3,4)8(10)11/h6H,5H2,1-4H3,(H,10,11). The quantitative estimate of drug-likeness (QED) is 0.689. The first-order valence-electron chi connectivity index (χ1n) is 4.05. The molecule has 0 aliphatic rings. The van der Waals surface area contributed by atoms with E-state index < -0.39 is 11.4 Å². The van der Waals surface area contributed by atoms with E-state index in [4.69, 9.17) is 17.3 Å². The van der Waals surface area contributed by atoms with E-state index >= 15 is 0 Å². The van der Waals surface area contributed by atoms with Crippen LogP contribution in [0.1, 0.15) is 34.1 Å². The summed E-state index contributed by atoms with van der Waals surface area (Å²) in [4.78, 5) is 11.4. The summed E-state index contributed by atoms with van der Waals surface area (Å²) < 4.78 is 0. The Morgan fingerprint density at radius 3 is 2.17 bits per heavy atom. The van der Waals surface area contributed by atoms with Crippen LogP contribution in [-0.2, 0) is 4.79 Å². The van der Waals surface area contributed by atoms with Gasteiger partial charge in [-0.25, -0.2) is 0 Å². The maximum atomic E-state index is 10.8. The Balaban J connectivity index is 4.36. The molecule has 0 spiro atoms. The summed E-state index contributed by atoms with van der Waals surface area (Å²) >= 11 is 5.06. The lowest BCUT2D eigenvalue weighted by Crippen LogP contribution is -2.32. The third-order valence-electron chi connectivity index (χ3n) is 1.83. The lowest BCUT2D eigenvalue weighted by Gasteiger charge is -2.21. The molecule has 0 rings (SSSR count). The second kappa shape index (κ2) is 3.99. The summed E-state index contributed by atoms with van der Waals surface area (Å²) in [5, 5.41) is 8.84. The zero-order valence-corrected chi connectivity index (χ0v) is 8.86. The molecule has 0 unspecified atom stereocenters. The molecule has 0 heterocycles. The van der Waals surface area contributed by atoms with Crippen LogP contribution in [0.5, 0.6) is 0 Å². The van der Waals surface area contributed by atoms with E-state index in [1.165, 1.54) is 0 Å². The molecule has 0 atom stereocenters. The molecule has 0 bridgehead atoms. The Bertz CT molecular complexity index is 195. The van der Waals surface area contributed by atoms with Gasteiger partial charge in [0.25, 0.3) is 0 Å². The Labute approximate surface area is 79.0 Å². The van der Waals surface area contributed by atoms with Gasteiger partial charge in [0.2, 0.25) is 0 Å². The third kappa shape index (κ3) is 2.89. The minimum Gasteiger partial charge on any atom is -0.481 e. The maximum absolute atomic E-state index is 10.8. The van der Waals surface area contributed by atoms with Gasteiger partial charge in [0.05, 0.1) is 5.41 Å². The third-order valence-corrected chi connectivity index (χ3v) is 2.50. The smallest absolute Gasteiger partial charge is 0.314 e. The van der Waals surface area contributed by atoms with Crippen LogP contribution in [0.25, 0.3) is 0 Å². The highest BCUT2D eigenvalue weighted by atomic mass is 32.1. The van der Waals surface area contributed by atoms with E-state index in [-0.39, 0.29) is 0 Å². The van der Waals surface area contributed by atoms with E-state index in [9.17, 15) is 4.79 Å². The van der Waals surface area contributed by atoms with E-state index in [0.29, 0.717) is 17.2 Å². The minimum atomic E-state index is -0.862. The van der Waals surface area contributed by atoms with Gasteiger partial charge < -0.3 is 5.11 Å². The Morgan fingerprint density at radius 2 is 1.92 bits per heavy atom. The lowest BCUT2D eigenvalue weighted by molar-refractivity contribution is -0.143. The molecule has 0 amide bonds. The van der Waals surface area contributed by atoms with Crippen LogP contribution in [0.3, 0.4) is 0 Å². The van der Waals surface area contributed by atoms with E-state index in [1.54, 1.807) is 13.8 Å². The Kier molecular flexibility index (Phi) is 3.84. The zero-order valence-electron chi connectivity index (χ0n) is 8.05. The molecule has 0 aromatic rings. The normalized spacial score (nSPS) is 11.8. The van der Waals surface area contributed by atoms with Crippen LogP contribution in [0.2, 0.25) is 0 Å². The molecular weight excluding hydrogens is 172 g/mol. The fourth-order valence-corrected chi connectivity index (χ4v) is 1.17. The summed E-state index contributed by atoms with van der Waals surface area (Å²) in [6.45, 7) is 7.37. The van der Waals surface area contributed by atoms with Gasteiger partial charge in [-0.2, -0.15) is 0 Å². The number of hydrogen-bond acceptors (Lipinski definition) is 2. The highest BCUT2D eigenvalue weighted by Gasteiger charge is 2.31. The second-order valence-electron chi connectivity index (χ2n) is 3.95. The monoisotopic (exact) mass is 188 g/mol. The first kappa shape index (κ1) is 11.6. The van der Waals surface area contributed by atoms with Crippen LogP contribution in [0.4, 0.5) is 0 Å². The second-order valence-corrected chi connectivity index (χ2v) is 4.44. The van der Waals surface area contributed by atoms with Gasteiger partial charge in [-0.05, 0) is 26.2 Å². The zero-order chi connectivity index (χ0) is 9.94. The van der Waals surface area contributed by atoms with Crippen molar-refractivity contribution in [1.82, 2.24) is 0 Å². The topological polar surface area (TPSA) is 37.3 Å². The Morgan fingerprint density at radius 1 is 1.50 bits per heavy atom. The Hall–Kier alpha value is -0.440. The van der Waals surface area contributed by atoms with Gasteiger partial charge in [-0.15, -0.1) is 0 Å². The molecule has 3 heteroatoms. The summed E-state index contributed by atoms with van der Waals surface area (Å²) in [5.74, 6) is -0.413. The fraction of sp³-hybridized carbons (Fsp3) is 0.778. The van der Waals surface area contributed by atoms with E-state index in [1.807, 2.05) is 13.8 Å². The molecule has 0 saturated carbocycles. The maximum Gasteiger partial charge on any atom is 0.314 e. The summed E-state index contributed by atoms with van der Waals surface area (Å²) in [6, 6.07) is 0. The van der Waals surface area contributed by atoms with Crippen molar-refractivity contribution in [2.75, 3.05) is 0 Å². The van der Waals surface area contributed by atoms with Crippen molar-refractivity contribution in [2.45, 2.75) is 34.1 Å². The summed E-state index contributed by atoms with van der Waals surface area (Å²) in [6.07, 6.45) is 0.703. The van der Waals surface area contributed by atoms with E-state index in [2.05, 4.69) is 0 Å². The first-order chi connectivity index (χ1) is 5.28. The van der Waals surface area contributed by atoms with Crippen LogP contribution >= 0.6 is 12.2 Å². The number of carboxylic acids is 1. The van der Waals surface area contributed by atoms with E-state index in [0.717, 1.165) is 0 Å². The van der Waals surface area contributed by atoms with Gasteiger partial charge in [-0.3, -0.25) is 4.79 Å². The average Bonchev–Trinajstić information content (AvgIpc) is 1.85. The SMILES string of the molecule is CC(C)CC(=S)C(C)(C)C(=O)O. The van der Waals surface area contributed by atoms with Gasteiger partial charge in [0.15, 0.2) is 0 Å². The van der Waals surface area contributed by atoms with Crippen molar-refractivity contribution < 1.29 is 9.90 Å². The average molecular weight is 188 g/mol. The molecule has 1 N–H and O–H groups in total. The molecule has 0 aliphatic carbocycles. The van der Waals surface area contributed by atoms with Gasteiger partial charge in [0, 0.05) is 4.86 Å². The lowest BCUT2D eigenvalue weighted by atomic mass is 9.85. The number of aliphatic carboxylic acids is 1. The van der Waals surface area contributed by atoms with Gasteiger partial charge >= 0.3 is 5.97 Å². The summed E-state index contributed by atoms with van der Waals surface area (Å²) in [7, 11) is 0. The van der Waals surface area contributed by atoms with Gasteiger partial charge in [0.1, 0.15) is 0 Å². The highest BCUT2D eigenvalue weighted by Crippen LogP contribution is 2.22. The highest BCUT2D eigenvalue weighted by molar-refractivity contribution is 7.80. The number of thiocarbonyl (C=S) groups is 1. The molecule has 0 saturated heterocycles. The van der Waals surface area contributed by atoms with Crippen molar-refractivity contribution >= 4 is 23.1 Å². The molecular formula is C9H16O2S. The molecule has 0 radical (unpaired) electrons. The van der Waals surface area contributed by atoms with Crippen LogP contribution in [0.15, 0.2) is 0 Å². The van der Waals surface area contributed by atoms with Gasteiger partial charge in [-0.1, -0.05) is 26.1 Å². The van der Waals surface area contributed by atoms with Crippen molar-refractivity contribution in [3.05, 3.63) is 0 Å². The van der Waals surface area contributed by atoms with Crippen molar-refractivity contribution in [3.8, 4) is 0 Å². The predicted molar refractivity (Wildman–Crippen MR) is 53.5 cm³/mol. The van der Waals surface area contributed by atoms with Crippen LogP contribution in [-0.4, -0.2) is 15.9 Å². The van der Waals surface area contributed by atoms with Crippen molar-refractivity contribution in [1.29, 1.82) is 0 Å². The van der Waals surface area contributed by atoms with Crippen molar-refractivity contribution in [3.63, 3.8) is 0 Å². The predicted octanol–water partition coefficient (Wildman–Crippen LogP) is 2.51. The number of hydrogen-bond donors (Lipinski definition) is 1. The largest absolute Gasteiger partial charge is 0.481 e. The first-order valence-corrected chi connectivity index (χ1v) is 4.46. The molecule has 0 aromatic carbocycles. The molecule has 70 valence electrons.